The normalized spacial score (nSPS) is 13.0. The molecular formula is C14H21F2NO. The first-order chi connectivity index (χ1) is 8.52. The lowest BCUT2D eigenvalue weighted by Gasteiger charge is -2.15. The molecule has 102 valence electrons. The Bertz CT molecular complexity index is 369. The van der Waals surface area contributed by atoms with E-state index >= 15 is 0 Å². The fourth-order valence-corrected chi connectivity index (χ4v) is 1.67. The molecule has 0 saturated carbocycles. The van der Waals surface area contributed by atoms with Crippen molar-refractivity contribution in [3.63, 3.8) is 0 Å². The summed E-state index contributed by atoms with van der Waals surface area (Å²) in [6.45, 7) is 7.17. The van der Waals surface area contributed by atoms with Gasteiger partial charge >= 0.3 is 0 Å². The van der Waals surface area contributed by atoms with E-state index in [0.717, 1.165) is 12.5 Å². The standard InChI is InChI=1S/C14H21F2NO/c1-10(2)18-9-5-8-17-11(3)12-6-4-7-13(15)14(12)16/h4,6-7,10-11,17H,5,8-9H2,1-3H3. The molecule has 1 rings (SSSR count). The van der Waals surface area contributed by atoms with Crippen LogP contribution < -0.4 is 5.32 Å². The molecule has 0 bridgehead atoms. The molecule has 0 aliphatic rings. The van der Waals surface area contributed by atoms with E-state index in [4.69, 9.17) is 4.74 Å². The van der Waals surface area contributed by atoms with Crippen molar-refractivity contribution >= 4 is 0 Å². The first-order valence-corrected chi connectivity index (χ1v) is 6.31. The summed E-state index contributed by atoms with van der Waals surface area (Å²) in [5.41, 5.74) is 0.361. The molecule has 0 heterocycles. The number of nitrogens with one attached hydrogen (secondary N) is 1. The van der Waals surface area contributed by atoms with Crippen LogP contribution in [0.3, 0.4) is 0 Å². The average molecular weight is 257 g/mol. The van der Waals surface area contributed by atoms with Gasteiger partial charge in [-0.05, 0) is 39.8 Å². The average Bonchev–Trinajstić information content (AvgIpc) is 2.31. The zero-order valence-electron chi connectivity index (χ0n) is 11.2. The first-order valence-electron chi connectivity index (χ1n) is 6.31. The van der Waals surface area contributed by atoms with Gasteiger partial charge in [-0.25, -0.2) is 8.78 Å². The van der Waals surface area contributed by atoms with Crippen LogP contribution in [0, 0.1) is 11.6 Å². The molecule has 1 aromatic carbocycles. The van der Waals surface area contributed by atoms with Gasteiger partial charge in [0.25, 0.3) is 0 Å². The van der Waals surface area contributed by atoms with Gasteiger partial charge in [0, 0.05) is 18.2 Å². The molecule has 1 aromatic rings. The van der Waals surface area contributed by atoms with Crippen LogP contribution in [0.4, 0.5) is 8.78 Å². The van der Waals surface area contributed by atoms with Crippen LogP contribution in [0.1, 0.15) is 38.8 Å². The molecule has 0 radical (unpaired) electrons. The van der Waals surface area contributed by atoms with E-state index in [1.807, 2.05) is 20.8 Å². The summed E-state index contributed by atoms with van der Waals surface area (Å²) >= 11 is 0. The van der Waals surface area contributed by atoms with Gasteiger partial charge in [0.2, 0.25) is 0 Å². The van der Waals surface area contributed by atoms with Gasteiger partial charge in [0.15, 0.2) is 11.6 Å². The molecular weight excluding hydrogens is 236 g/mol. The maximum atomic E-state index is 13.5. The molecule has 0 aromatic heterocycles. The monoisotopic (exact) mass is 257 g/mol. The van der Waals surface area contributed by atoms with Crippen LogP contribution in [-0.2, 0) is 4.74 Å². The Balaban J connectivity index is 2.36. The van der Waals surface area contributed by atoms with Crippen LogP contribution in [0.25, 0.3) is 0 Å². The quantitative estimate of drug-likeness (QED) is 0.756. The van der Waals surface area contributed by atoms with Gasteiger partial charge in [-0.3, -0.25) is 0 Å². The lowest BCUT2D eigenvalue weighted by atomic mass is 10.1. The van der Waals surface area contributed by atoms with Crippen LogP contribution >= 0.6 is 0 Å². The van der Waals surface area contributed by atoms with Crippen molar-refractivity contribution in [1.29, 1.82) is 0 Å². The smallest absolute Gasteiger partial charge is 0.163 e. The van der Waals surface area contributed by atoms with E-state index in [1.165, 1.54) is 6.07 Å². The number of benzene rings is 1. The summed E-state index contributed by atoms with van der Waals surface area (Å²) < 4.78 is 31.9. The van der Waals surface area contributed by atoms with Gasteiger partial charge in [0.1, 0.15) is 0 Å². The fraction of sp³-hybridized carbons (Fsp3) is 0.571. The summed E-state index contributed by atoms with van der Waals surface area (Å²) in [5.74, 6) is -1.57. The Kier molecular flexibility index (Phi) is 6.22. The Labute approximate surface area is 107 Å². The summed E-state index contributed by atoms with van der Waals surface area (Å²) in [7, 11) is 0. The van der Waals surface area contributed by atoms with Crippen LogP contribution in [0.5, 0.6) is 0 Å². The van der Waals surface area contributed by atoms with Crippen molar-refractivity contribution in [1.82, 2.24) is 5.32 Å². The molecule has 0 saturated heterocycles. The highest BCUT2D eigenvalue weighted by atomic mass is 19.2. The SMILES string of the molecule is CC(C)OCCCNC(C)c1cccc(F)c1F. The summed E-state index contributed by atoms with van der Waals surface area (Å²) in [4.78, 5) is 0. The third-order valence-electron chi connectivity index (χ3n) is 2.67. The molecule has 1 N–H and O–H groups in total. The highest BCUT2D eigenvalue weighted by molar-refractivity contribution is 5.21. The second-order valence-electron chi connectivity index (χ2n) is 4.59. The van der Waals surface area contributed by atoms with E-state index < -0.39 is 11.6 Å². The Morgan fingerprint density at radius 3 is 2.61 bits per heavy atom. The third kappa shape index (κ3) is 4.70. The summed E-state index contributed by atoms with van der Waals surface area (Å²) in [5, 5.41) is 3.15. The second-order valence-corrected chi connectivity index (χ2v) is 4.59. The van der Waals surface area contributed by atoms with Gasteiger partial charge in [-0.2, -0.15) is 0 Å². The van der Waals surface area contributed by atoms with Crippen LogP contribution in [0.2, 0.25) is 0 Å². The number of halogens is 2. The highest BCUT2D eigenvalue weighted by Gasteiger charge is 2.13. The molecule has 0 fully saturated rings. The predicted molar refractivity (Wildman–Crippen MR) is 68.5 cm³/mol. The van der Waals surface area contributed by atoms with Gasteiger partial charge in [-0.1, -0.05) is 12.1 Å². The van der Waals surface area contributed by atoms with Crippen LogP contribution in [-0.4, -0.2) is 19.3 Å². The second kappa shape index (κ2) is 7.44. The van der Waals surface area contributed by atoms with Crippen molar-refractivity contribution in [2.75, 3.05) is 13.2 Å². The molecule has 4 heteroatoms. The van der Waals surface area contributed by atoms with Gasteiger partial charge in [-0.15, -0.1) is 0 Å². The lowest BCUT2D eigenvalue weighted by Crippen LogP contribution is -2.22. The molecule has 0 aliphatic carbocycles. The molecule has 1 atom stereocenters. The fourth-order valence-electron chi connectivity index (χ4n) is 1.67. The molecule has 0 amide bonds. The summed E-state index contributed by atoms with van der Waals surface area (Å²) in [6.07, 6.45) is 1.07. The van der Waals surface area contributed by atoms with E-state index in [1.54, 1.807) is 6.07 Å². The van der Waals surface area contributed by atoms with Gasteiger partial charge < -0.3 is 10.1 Å². The highest BCUT2D eigenvalue weighted by Crippen LogP contribution is 2.18. The number of hydrogen-bond donors (Lipinski definition) is 1. The molecule has 18 heavy (non-hydrogen) atoms. The molecule has 0 aliphatic heterocycles. The van der Waals surface area contributed by atoms with Gasteiger partial charge in [0.05, 0.1) is 6.10 Å². The van der Waals surface area contributed by atoms with Crippen molar-refractivity contribution in [3.8, 4) is 0 Å². The zero-order chi connectivity index (χ0) is 13.5. The lowest BCUT2D eigenvalue weighted by molar-refractivity contribution is 0.0767. The largest absolute Gasteiger partial charge is 0.379 e. The summed E-state index contributed by atoms with van der Waals surface area (Å²) in [6, 6.07) is 4.04. The maximum absolute atomic E-state index is 13.5. The Morgan fingerprint density at radius 1 is 1.22 bits per heavy atom. The van der Waals surface area contributed by atoms with Crippen molar-refractivity contribution in [2.45, 2.75) is 39.3 Å². The van der Waals surface area contributed by atoms with E-state index in [-0.39, 0.29) is 12.1 Å². The van der Waals surface area contributed by atoms with E-state index in [9.17, 15) is 8.78 Å². The maximum Gasteiger partial charge on any atom is 0.163 e. The topological polar surface area (TPSA) is 21.3 Å². The van der Waals surface area contributed by atoms with Crippen molar-refractivity contribution in [3.05, 3.63) is 35.4 Å². The molecule has 0 spiro atoms. The number of ether oxygens (including phenoxy) is 1. The Hall–Kier alpha value is -1.00. The van der Waals surface area contributed by atoms with E-state index in [2.05, 4.69) is 5.32 Å². The van der Waals surface area contributed by atoms with E-state index in [0.29, 0.717) is 18.7 Å². The molecule has 1 unspecified atom stereocenters. The minimum atomic E-state index is -0.802. The number of hydrogen-bond acceptors (Lipinski definition) is 2. The van der Waals surface area contributed by atoms with Crippen molar-refractivity contribution in [2.24, 2.45) is 0 Å². The minimum Gasteiger partial charge on any atom is -0.379 e. The Morgan fingerprint density at radius 2 is 1.94 bits per heavy atom. The molecule has 2 nitrogen and oxygen atoms in total. The third-order valence-corrected chi connectivity index (χ3v) is 2.67. The predicted octanol–water partition coefficient (Wildman–Crippen LogP) is 3.43. The first kappa shape index (κ1) is 15.1. The van der Waals surface area contributed by atoms with Crippen LogP contribution in [0.15, 0.2) is 18.2 Å². The minimum absolute atomic E-state index is 0.209. The van der Waals surface area contributed by atoms with Crippen molar-refractivity contribution < 1.29 is 13.5 Å². The number of rotatable bonds is 7. The zero-order valence-corrected chi connectivity index (χ0v) is 11.2.